The van der Waals surface area contributed by atoms with Crippen molar-refractivity contribution in [3.8, 4) is 11.5 Å². The zero-order valence-electron chi connectivity index (χ0n) is 21.9. The number of amides is 1. The van der Waals surface area contributed by atoms with Gasteiger partial charge in [-0.15, -0.1) is 0 Å². The number of benzene rings is 1. The van der Waals surface area contributed by atoms with Crippen molar-refractivity contribution in [2.45, 2.75) is 52.5 Å². The molecule has 0 atom stereocenters. The quantitative estimate of drug-likeness (QED) is 0.143. The largest absolute Gasteiger partial charge is 0.500 e. The molecule has 11 heteroatoms. The maximum atomic E-state index is 11.9. The number of carbonyl (C=O) groups is 2. The van der Waals surface area contributed by atoms with Crippen LogP contribution in [0.25, 0.3) is 6.08 Å². The van der Waals surface area contributed by atoms with Gasteiger partial charge in [0.2, 0.25) is 0 Å². The second-order valence-corrected chi connectivity index (χ2v) is 10.4. The lowest BCUT2D eigenvalue weighted by Gasteiger charge is -2.28. The topological polar surface area (TPSA) is 122 Å². The molecule has 0 unspecified atom stereocenters. The highest BCUT2D eigenvalue weighted by Gasteiger charge is 2.39. The number of hydrogen-bond donors (Lipinski definition) is 2. The predicted molar refractivity (Wildman–Crippen MR) is 138 cm³/mol. The molecule has 1 aromatic carbocycles. The molecule has 2 N–H and O–H groups in total. The van der Waals surface area contributed by atoms with Crippen LogP contribution < -0.4 is 14.8 Å². The lowest BCUT2D eigenvalue weighted by atomic mass is 10.2. The van der Waals surface area contributed by atoms with Crippen molar-refractivity contribution in [3.63, 3.8) is 0 Å². The summed E-state index contributed by atoms with van der Waals surface area (Å²) in [7, 11) is -1.16. The Morgan fingerprint density at radius 3 is 2.22 bits per heavy atom. The molecule has 0 heterocycles. The van der Waals surface area contributed by atoms with E-state index >= 15 is 0 Å². The van der Waals surface area contributed by atoms with Crippen LogP contribution in [0.3, 0.4) is 0 Å². The summed E-state index contributed by atoms with van der Waals surface area (Å²) < 4.78 is 33.7. The third-order valence-corrected chi connectivity index (χ3v) is 8.06. The molecule has 0 saturated heterocycles. The summed E-state index contributed by atoms with van der Waals surface area (Å²) in [6, 6.07) is 5.86. The number of nitrogens with one attached hydrogen (secondary N) is 1. The van der Waals surface area contributed by atoms with E-state index in [4.69, 9.17) is 32.6 Å². The third-order valence-electron chi connectivity index (χ3n) is 4.91. The maximum absolute atomic E-state index is 11.9. The summed E-state index contributed by atoms with van der Waals surface area (Å²) in [5.74, 6) is 0.109. The molecule has 0 spiro atoms. The minimum Gasteiger partial charge on any atom is -0.493 e. The SMILES string of the molecule is CCO[Si](CCCNC(=O)OCCCCCOc1ccc(/C=C/C(=O)O)cc1OC)(OCC)OCC. The van der Waals surface area contributed by atoms with E-state index in [-0.39, 0.29) is 0 Å². The van der Waals surface area contributed by atoms with Crippen LogP contribution in [-0.2, 0) is 22.8 Å². The van der Waals surface area contributed by atoms with Crippen molar-refractivity contribution >= 4 is 26.9 Å². The molecule has 0 aliphatic heterocycles. The Kier molecular flexibility index (Phi) is 16.3. The number of carboxylic acid groups (broad SMARTS) is 1. The lowest BCUT2D eigenvalue weighted by Crippen LogP contribution is -2.46. The summed E-state index contributed by atoms with van der Waals surface area (Å²) >= 11 is 0. The van der Waals surface area contributed by atoms with Gasteiger partial charge < -0.3 is 37.9 Å². The second-order valence-electron chi connectivity index (χ2n) is 7.64. The van der Waals surface area contributed by atoms with Gasteiger partial charge in [0.25, 0.3) is 0 Å². The summed E-state index contributed by atoms with van der Waals surface area (Å²) in [6.45, 7) is 8.60. The molecule has 36 heavy (non-hydrogen) atoms. The number of unbranched alkanes of at least 4 members (excludes halogenated alkanes) is 2. The van der Waals surface area contributed by atoms with Crippen LogP contribution in [-0.4, -0.2) is 72.7 Å². The smallest absolute Gasteiger partial charge is 0.493 e. The molecule has 0 saturated carbocycles. The van der Waals surface area contributed by atoms with Crippen molar-refractivity contribution in [1.29, 1.82) is 0 Å². The van der Waals surface area contributed by atoms with Gasteiger partial charge in [0, 0.05) is 38.5 Å². The first-order chi connectivity index (χ1) is 17.4. The Morgan fingerprint density at radius 1 is 0.944 bits per heavy atom. The highest BCUT2D eigenvalue weighted by Crippen LogP contribution is 2.28. The van der Waals surface area contributed by atoms with E-state index in [1.165, 1.54) is 13.2 Å². The zero-order valence-corrected chi connectivity index (χ0v) is 22.9. The maximum Gasteiger partial charge on any atom is 0.500 e. The molecule has 0 radical (unpaired) electrons. The van der Waals surface area contributed by atoms with Crippen LogP contribution in [0.4, 0.5) is 4.79 Å². The second kappa shape index (κ2) is 18.6. The van der Waals surface area contributed by atoms with Gasteiger partial charge in [-0.3, -0.25) is 0 Å². The number of hydrogen-bond acceptors (Lipinski definition) is 8. The van der Waals surface area contributed by atoms with E-state index in [0.29, 0.717) is 69.1 Å². The average molecular weight is 528 g/mol. The molecular weight excluding hydrogens is 486 g/mol. The van der Waals surface area contributed by atoms with Gasteiger partial charge in [-0.05, 0) is 70.2 Å². The van der Waals surface area contributed by atoms with Crippen molar-refractivity contribution in [1.82, 2.24) is 5.32 Å². The number of carbonyl (C=O) groups excluding carboxylic acids is 1. The fourth-order valence-corrected chi connectivity index (χ4v) is 5.96. The molecule has 0 bridgehead atoms. The summed E-state index contributed by atoms with van der Waals surface area (Å²) in [4.78, 5) is 22.6. The van der Waals surface area contributed by atoms with Crippen LogP contribution in [0.2, 0.25) is 6.04 Å². The third kappa shape index (κ3) is 12.9. The Balaban J connectivity index is 2.22. The van der Waals surface area contributed by atoms with E-state index in [2.05, 4.69) is 5.32 Å². The standard InChI is InChI=1S/C25H41NO9Si/c1-5-33-36(34-6-2,35-7-3)19-11-16-26-25(29)32-18-10-8-9-17-31-22-14-12-21(13-15-24(27)28)20-23(22)30-4/h12-15,20H,5-11,16-19H2,1-4H3,(H,26,29)(H,27,28)/b15-13+. The van der Waals surface area contributed by atoms with Crippen LogP contribution in [0, 0.1) is 0 Å². The molecule has 10 nitrogen and oxygen atoms in total. The molecule has 1 aromatic rings. The summed E-state index contributed by atoms with van der Waals surface area (Å²) in [5, 5.41) is 11.5. The number of ether oxygens (including phenoxy) is 3. The molecule has 204 valence electrons. The van der Waals surface area contributed by atoms with Gasteiger partial charge in [0.05, 0.1) is 20.3 Å². The van der Waals surface area contributed by atoms with Crippen LogP contribution >= 0.6 is 0 Å². The number of alkyl carbamates (subject to hydrolysis) is 1. The van der Waals surface area contributed by atoms with E-state index in [9.17, 15) is 9.59 Å². The molecule has 0 aromatic heterocycles. The number of carboxylic acids is 1. The average Bonchev–Trinajstić information content (AvgIpc) is 2.85. The first kappa shape index (κ1) is 31.4. The van der Waals surface area contributed by atoms with Crippen LogP contribution in [0.5, 0.6) is 11.5 Å². The van der Waals surface area contributed by atoms with Gasteiger partial charge in [-0.2, -0.15) is 0 Å². The van der Waals surface area contributed by atoms with Crippen molar-refractivity contribution < 1.29 is 42.2 Å². The fourth-order valence-electron chi connectivity index (χ4n) is 3.35. The molecular formula is C25H41NO9Si. The molecule has 0 aliphatic rings. The lowest BCUT2D eigenvalue weighted by molar-refractivity contribution is -0.131. The van der Waals surface area contributed by atoms with Gasteiger partial charge in [-0.1, -0.05) is 6.07 Å². The number of methoxy groups -OCH3 is 1. The van der Waals surface area contributed by atoms with Gasteiger partial charge in [-0.25, -0.2) is 9.59 Å². The van der Waals surface area contributed by atoms with Crippen molar-refractivity contribution in [2.75, 3.05) is 46.7 Å². The van der Waals surface area contributed by atoms with E-state index < -0.39 is 20.9 Å². The van der Waals surface area contributed by atoms with E-state index in [0.717, 1.165) is 25.3 Å². The fraction of sp³-hybridized carbons (Fsp3) is 0.600. The highest BCUT2D eigenvalue weighted by molar-refractivity contribution is 6.60. The molecule has 1 rings (SSSR count). The van der Waals surface area contributed by atoms with Crippen LogP contribution in [0.1, 0.15) is 52.0 Å². The molecule has 0 fully saturated rings. The highest BCUT2D eigenvalue weighted by atomic mass is 28.4. The molecule has 1 amide bonds. The Bertz CT molecular complexity index is 787. The van der Waals surface area contributed by atoms with Crippen LogP contribution in [0.15, 0.2) is 24.3 Å². The number of aliphatic carboxylic acids is 1. The minimum atomic E-state index is -2.69. The van der Waals surface area contributed by atoms with E-state index in [1.54, 1.807) is 18.2 Å². The van der Waals surface area contributed by atoms with Crippen molar-refractivity contribution in [3.05, 3.63) is 29.8 Å². The normalized spacial score (nSPS) is 11.4. The first-order valence-corrected chi connectivity index (χ1v) is 14.4. The van der Waals surface area contributed by atoms with Crippen molar-refractivity contribution in [2.24, 2.45) is 0 Å². The minimum absolute atomic E-state index is 0.329. The van der Waals surface area contributed by atoms with Gasteiger partial charge in [0.15, 0.2) is 11.5 Å². The Hall–Kier alpha value is -2.60. The number of rotatable bonds is 20. The monoisotopic (exact) mass is 527 g/mol. The molecule has 0 aliphatic carbocycles. The first-order valence-electron chi connectivity index (χ1n) is 12.4. The van der Waals surface area contributed by atoms with E-state index in [1.807, 2.05) is 20.8 Å². The van der Waals surface area contributed by atoms with Gasteiger partial charge in [0.1, 0.15) is 0 Å². The zero-order chi connectivity index (χ0) is 26.7. The summed E-state index contributed by atoms with van der Waals surface area (Å²) in [5.41, 5.74) is 0.705. The Morgan fingerprint density at radius 2 is 1.61 bits per heavy atom. The Labute approximate surface area is 215 Å². The van der Waals surface area contributed by atoms with Gasteiger partial charge >= 0.3 is 20.9 Å². The predicted octanol–water partition coefficient (Wildman–Crippen LogP) is 4.51. The summed E-state index contributed by atoms with van der Waals surface area (Å²) in [6.07, 6.45) is 5.14.